The molecule has 2 aliphatic heterocycles. The molecule has 0 amide bonds. The van der Waals surface area contributed by atoms with Crippen molar-refractivity contribution in [3.05, 3.63) is 82.2 Å². The van der Waals surface area contributed by atoms with Gasteiger partial charge in [-0.15, -0.1) is 0 Å². The SMILES string of the molecule is [N-]=[N+]=N[C@@H]1OC2COC(c3ccccc3)O[C@H]2C(OCc2ccccc2)C1S(=O)(=O)O. The summed E-state index contributed by atoms with van der Waals surface area (Å²) in [6.07, 6.45) is -5.08. The van der Waals surface area contributed by atoms with Crippen LogP contribution in [0.5, 0.6) is 0 Å². The fourth-order valence-corrected chi connectivity index (χ4v) is 4.75. The predicted molar refractivity (Wildman–Crippen MR) is 108 cm³/mol. The van der Waals surface area contributed by atoms with Crippen LogP contribution < -0.4 is 0 Å². The molecule has 1 N–H and O–H groups in total. The summed E-state index contributed by atoms with van der Waals surface area (Å²) < 4.78 is 57.8. The molecule has 0 aliphatic carbocycles. The van der Waals surface area contributed by atoms with E-state index in [1.54, 1.807) is 0 Å². The third-order valence-corrected chi connectivity index (χ3v) is 6.36. The number of fused-ring (bicyclic) bond motifs is 1. The fraction of sp³-hybridized carbons (Fsp3) is 0.400. The van der Waals surface area contributed by atoms with Gasteiger partial charge < -0.3 is 18.9 Å². The summed E-state index contributed by atoms with van der Waals surface area (Å²) in [6.45, 7) is 0.120. The normalized spacial score (nSPS) is 30.7. The number of rotatable bonds is 6. The van der Waals surface area contributed by atoms with E-state index >= 15 is 0 Å². The number of benzene rings is 2. The van der Waals surface area contributed by atoms with E-state index in [4.69, 9.17) is 24.5 Å². The van der Waals surface area contributed by atoms with Crippen molar-refractivity contribution in [1.29, 1.82) is 0 Å². The topological polar surface area (TPSA) is 140 Å². The van der Waals surface area contributed by atoms with Gasteiger partial charge in [0.2, 0.25) is 0 Å². The van der Waals surface area contributed by atoms with E-state index in [2.05, 4.69) is 10.0 Å². The lowest BCUT2D eigenvalue weighted by Crippen LogP contribution is -2.63. The monoisotopic (exact) mass is 447 g/mol. The van der Waals surface area contributed by atoms with Crippen LogP contribution in [0.15, 0.2) is 65.8 Å². The highest BCUT2D eigenvalue weighted by Gasteiger charge is 2.55. The summed E-state index contributed by atoms with van der Waals surface area (Å²) in [5.74, 6) is 0. The average Bonchev–Trinajstić information content (AvgIpc) is 2.77. The average molecular weight is 447 g/mol. The Morgan fingerprint density at radius 1 is 1.10 bits per heavy atom. The zero-order valence-electron chi connectivity index (χ0n) is 16.3. The molecule has 0 spiro atoms. The smallest absolute Gasteiger partial charge is 0.273 e. The van der Waals surface area contributed by atoms with E-state index in [0.29, 0.717) is 0 Å². The molecular weight excluding hydrogens is 426 g/mol. The molecular formula is C20H21N3O7S. The standard InChI is InChI=1S/C20H21N3O7S/c21-23-22-19-18(31(24,25)26)17(27-11-13-7-3-1-4-8-13)16-15(29-19)12-28-20(30-16)14-9-5-2-6-10-14/h1-10,15-20H,11-12H2,(H,24,25,26)/t15?,16-,17?,18?,19-,20?/m1/s1. The van der Waals surface area contributed by atoms with Crippen molar-refractivity contribution in [2.75, 3.05) is 6.61 Å². The van der Waals surface area contributed by atoms with Gasteiger partial charge in [0, 0.05) is 10.5 Å². The molecule has 2 aromatic carbocycles. The number of hydrogen-bond acceptors (Lipinski definition) is 7. The predicted octanol–water partition coefficient (Wildman–Crippen LogP) is 2.98. The summed E-state index contributed by atoms with van der Waals surface area (Å²) in [7, 11) is -4.72. The van der Waals surface area contributed by atoms with Crippen molar-refractivity contribution >= 4 is 10.1 Å². The Morgan fingerprint density at radius 3 is 2.42 bits per heavy atom. The van der Waals surface area contributed by atoms with E-state index in [1.165, 1.54) is 0 Å². The highest BCUT2D eigenvalue weighted by molar-refractivity contribution is 7.86. The van der Waals surface area contributed by atoms with Crippen molar-refractivity contribution in [2.45, 2.75) is 42.7 Å². The Hall–Kier alpha value is -2.50. The molecule has 0 saturated carbocycles. The largest absolute Gasteiger partial charge is 0.369 e. The van der Waals surface area contributed by atoms with Crippen LogP contribution in [0, 0.1) is 0 Å². The highest BCUT2D eigenvalue weighted by Crippen LogP contribution is 2.38. The van der Waals surface area contributed by atoms with Gasteiger partial charge in [-0.05, 0) is 11.1 Å². The molecule has 2 saturated heterocycles. The molecule has 6 atom stereocenters. The second-order valence-electron chi connectivity index (χ2n) is 7.19. The van der Waals surface area contributed by atoms with Gasteiger partial charge >= 0.3 is 0 Å². The first kappa shape index (κ1) is 21.7. The van der Waals surface area contributed by atoms with Crippen LogP contribution in [0.2, 0.25) is 0 Å². The van der Waals surface area contributed by atoms with Gasteiger partial charge in [0.15, 0.2) is 12.5 Å². The summed E-state index contributed by atoms with van der Waals surface area (Å²) in [6, 6.07) is 18.3. The number of nitrogens with zero attached hydrogens (tertiary/aromatic N) is 3. The van der Waals surface area contributed by atoms with E-state index in [0.717, 1.165) is 11.1 Å². The second-order valence-corrected chi connectivity index (χ2v) is 8.76. The van der Waals surface area contributed by atoms with Crippen molar-refractivity contribution in [3.8, 4) is 0 Å². The van der Waals surface area contributed by atoms with Gasteiger partial charge in [0.05, 0.1) is 13.2 Å². The van der Waals surface area contributed by atoms with Gasteiger partial charge in [-0.2, -0.15) is 8.42 Å². The lowest BCUT2D eigenvalue weighted by Gasteiger charge is -2.47. The van der Waals surface area contributed by atoms with Gasteiger partial charge in [0.25, 0.3) is 10.1 Å². The van der Waals surface area contributed by atoms with Crippen molar-refractivity contribution in [2.24, 2.45) is 5.11 Å². The minimum atomic E-state index is -4.72. The van der Waals surface area contributed by atoms with Gasteiger partial charge in [0.1, 0.15) is 23.6 Å². The van der Waals surface area contributed by atoms with Crippen molar-refractivity contribution < 1.29 is 31.9 Å². The fourth-order valence-electron chi connectivity index (χ4n) is 3.76. The van der Waals surface area contributed by atoms with Crippen LogP contribution in [0.25, 0.3) is 10.4 Å². The van der Waals surface area contributed by atoms with Crippen molar-refractivity contribution in [3.63, 3.8) is 0 Å². The van der Waals surface area contributed by atoms with Gasteiger partial charge in [-0.1, -0.05) is 65.8 Å². The molecule has 2 heterocycles. The van der Waals surface area contributed by atoms with Crippen LogP contribution in [-0.4, -0.2) is 49.4 Å². The minimum Gasteiger partial charge on any atom is -0.369 e. The van der Waals surface area contributed by atoms with E-state index in [9.17, 15) is 13.0 Å². The van der Waals surface area contributed by atoms with Crippen LogP contribution in [0.4, 0.5) is 0 Å². The van der Waals surface area contributed by atoms with Crippen LogP contribution in [0.3, 0.4) is 0 Å². The van der Waals surface area contributed by atoms with E-state index in [1.807, 2.05) is 60.7 Å². The molecule has 164 valence electrons. The van der Waals surface area contributed by atoms with Gasteiger partial charge in [-0.25, -0.2) is 0 Å². The Labute approximate surface area is 179 Å². The summed E-state index contributed by atoms with van der Waals surface area (Å²) in [5, 5.41) is 1.77. The van der Waals surface area contributed by atoms with Crippen LogP contribution in [0.1, 0.15) is 17.4 Å². The van der Waals surface area contributed by atoms with Crippen LogP contribution >= 0.6 is 0 Å². The molecule has 2 aliphatic rings. The lowest BCUT2D eigenvalue weighted by atomic mass is 9.98. The Morgan fingerprint density at radius 2 is 1.77 bits per heavy atom. The molecule has 4 rings (SSSR count). The maximum absolute atomic E-state index is 12.2. The molecule has 31 heavy (non-hydrogen) atoms. The Bertz CT molecular complexity index is 1030. The maximum Gasteiger partial charge on any atom is 0.273 e. The minimum absolute atomic E-state index is 0.0595. The van der Waals surface area contributed by atoms with Gasteiger partial charge in [-0.3, -0.25) is 4.55 Å². The number of hydrogen-bond donors (Lipinski definition) is 1. The zero-order chi connectivity index (χ0) is 21.8. The van der Waals surface area contributed by atoms with E-state index < -0.39 is 46.2 Å². The quantitative estimate of drug-likeness (QED) is 0.311. The van der Waals surface area contributed by atoms with Crippen LogP contribution in [-0.2, 0) is 35.7 Å². The molecule has 0 aromatic heterocycles. The second kappa shape index (κ2) is 9.33. The van der Waals surface area contributed by atoms with E-state index in [-0.39, 0.29) is 13.2 Å². The molecule has 2 aromatic rings. The first-order chi connectivity index (χ1) is 15.0. The molecule has 2 fully saturated rings. The molecule has 4 unspecified atom stereocenters. The molecule has 0 radical (unpaired) electrons. The summed E-state index contributed by atoms with van der Waals surface area (Å²) in [5.41, 5.74) is 10.4. The third kappa shape index (κ3) is 4.89. The first-order valence-corrected chi connectivity index (χ1v) is 11.1. The summed E-state index contributed by atoms with van der Waals surface area (Å²) >= 11 is 0. The summed E-state index contributed by atoms with van der Waals surface area (Å²) in [4.78, 5) is 2.66. The molecule has 0 bridgehead atoms. The lowest BCUT2D eigenvalue weighted by molar-refractivity contribution is -0.313. The van der Waals surface area contributed by atoms with Crippen molar-refractivity contribution in [1.82, 2.24) is 0 Å². The molecule has 10 nitrogen and oxygen atoms in total. The maximum atomic E-state index is 12.2. The third-order valence-electron chi connectivity index (χ3n) is 5.17. The highest BCUT2D eigenvalue weighted by atomic mass is 32.2. The number of ether oxygens (including phenoxy) is 4. The first-order valence-electron chi connectivity index (χ1n) is 9.61. The number of azide groups is 1. The zero-order valence-corrected chi connectivity index (χ0v) is 17.1. The Kier molecular flexibility index (Phi) is 6.54. The Balaban J connectivity index is 1.66. The molecule has 11 heteroatoms.